The molecule has 1 aliphatic rings. The number of hydrogen-bond acceptors (Lipinski definition) is 5. The van der Waals surface area contributed by atoms with Crippen molar-refractivity contribution in [3.05, 3.63) is 83.8 Å². The highest BCUT2D eigenvalue weighted by Gasteiger charge is 2.22. The average Bonchev–Trinajstić information content (AvgIpc) is 3.27. The quantitative estimate of drug-likeness (QED) is 0.397. The zero-order valence-corrected chi connectivity index (χ0v) is 18.9. The van der Waals surface area contributed by atoms with Gasteiger partial charge in [-0.05, 0) is 42.2 Å². The van der Waals surface area contributed by atoms with Gasteiger partial charge in [0.15, 0.2) is 0 Å². The highest BCUT2D eigenvalue weighted by Crippen LogP contribution is 2.32. The average molecular weight is 456 g/mol. The Morgan fingerprint density at radius 3 is 2.64 bits per heavy atom. The van der Waals surface area contributed by atoms with Crippen LogP contribution in [0.4, 0.5) is 17.3 Å². The molecule has 2 aromatic heterocycles. The maximum Gasteiger partial charge on any atom is 0.227 e. The molecule has 3 heterocycles. The number of nitrogens with one attached hydrogen (secondary N) is 1. The molecule has 4 aromatic rings. The van der Waals surface area contributed by atoms with Crippen molar-refractivity contribution < 1.29 is 4.79 Å². The molecule has 7 heteroatoms. The molecule has 5 rings (SSSR count). The smallest absolute Gasteiger partial charge is 0.227 e. The van der Waals surface area contributed by atoms with E-state index in [0.717, 1.165) is 28.8 Å². The van der Waals surface area contributed by atoms with E-state index in [9.17, 15) is 4.79 Å². The van der Waals surface area contributed by atoms with Crippen LogP contribution in [0.2, 0.25) is 5.02 Å². The number of hydrogen-bond donors (Lipinski definition) is 1. The molecule has 0 spiro atoms. The van der Waals surface area contributed by atoms with Gasteiger partial charge in [0.05, 0.1) is 40.7 Å². The van der Waals surface area contributed by atoms with Crippen molar-refractivity contribution in [3.8, 4) is 22.4 Å². The van der Waals surface area contributed by atoms with Gasteiger partial charge in [0, 0.05) is 18.5 Å². The van der Waals surface area contributed by atoms with Crippen molar-refractivity contribution in [1.82, 2.24) is 15.0 Å². The Kier molecular flexibility index (Phi) is 5.75. The number of aromatic nitrogens is 3. The lowest BCUT2D eigenvalue weighted by molar-refractivity contribution is -0.117. The molecule has 0 atom stereocenters. The monoisotopic (exact) mass is 455 g/mol. The predicted octanol–water partition coefficient (Wildman–Crippen LogP) is 6.04. The largest absolute Gasteiger partial charge is 0.323 e. The zero-order chi connectivity index (χ0) is 22.8. The first kappa shape index (κ1) is 21.1. The molecule has 6 nitrogen and oxygen atoms in total. The molecule has 1 fully saturated rings. The number of amides is 1. The van der Waals surface area contributed by atoms with Crippen LogP contribution >= 0.6 is 11.6 Å². The molecule has 1 saturated heterocycles. The first-order valence-corrected chi connectivity index (χ1v) is 11.2. The Labute approximate surface area is 197 Å². The van der Waals surface area contributed by atoms with E-state index in [1.807, 2.05) is 30.3 Å². The van der Waals surface area contributed by atoms with Gasteiger partial charge >= 0.3 is 0 Å². The third-order valence-corrected chi connectivity index (χ3v) is 5.98. The van der Waals surface area contributed by atoms with E-state index < -0.39 is 0 Å². The lowest BCUT2D eigenvalue weighted by Crippen LogP contribution is -2.23. The summed E-state index contributed by atoms with van der Waals surface area (Å²) in [7, 11) is 0. The van der Waals surface area contributed by atoms with Gasteiger partial charge in [0.1, 0.15) is 0 Å². The van der Waals surface area contributed by atoms with Crippen molar-refractivity contribution in [3.63, 3.8) is 0 Å². The van der Waals surface area contributed by atoms with Crippen molar-refractivity contribution in [1.29, 1.82) is 0 Å². The molecule has 1 amide bonds. The van der Waals surface area contributed by atoms with Crippen LogP contribution in [0.1, 0.15) is 18.4 Å². The summed E-state index contributed by atoms with van der Waals surface area (Å²) in [6, 6.07) is 18.3. The summed E-state index contributed by atoms with van der Waals surface area (Å²) < 4.78 is 0. The minimum atomic E-state index is 0.118. The number of aryl methyl sites for hydroxylation is 1. The van der Waals surface area contributed by atoms with Crippen molar-refractivity contribution >= 4 is 34.8 Å². The van der Waals surface area contributed by atoms with E-state index >= 15 is 0 Å². The van der Waals surface area contributed by atoms with E-state index in [1.54, 1.807) is 23.5 Å². The molecule has 33 heavy (non-hydrogen) atoms. The van der Waals surface area contributed by atoms with E-state index in [4.69, 9.17) is 11.6 Å². The molecule has 1 aliphatic heterocycles. The standard InChI is InChI=1S/C26H22ClN5O/c1-17-9-10-19(12-22(17)18-6-3-2-4-7-18)25-23(27)16-29-26(31-25)30-20-13-21(15-28-14-20)32-11-5-8-24(32)33/h2-4,6-7,9-10,12-16H,5,8,11H2,1H3,(H,29,30,31). The molecule has 1 N–H and O–H groups in total. The molecule has 0 aliphatic carbocycles. The highest BCUT2D eigenvalue weighted by atomic mass is 35.5. The van der Waals surface area contributed by atoms with Crippen molar-refractivity contribution in [2.24, 2.45) is 0 Å². The number of rotatable bonds is 5. The molecule has 2 aromatic carbocycles. The summed E-state index contributed by atoms with van der Waals surface area (Å²) >= 11 is 6.49. The van der Waals surface area contributed by atoms with Gasteiger partial charge in [-0.3, -0.25) is 9.78 Å². The van der Waals surface area contributed by atoms with Crippen molar-refractivity contribution in [2.75, 3.05) is 16.8 Å². The SMILES string of the molecule is Cc1ccc(-c2nc(Nc3cncc(N4CCCC4=O)c3)ncc2Cl)cc1-c1ccccc1. The van der Waals surface area contributed by atoms with E-state index in [2.05, 4.69) is 51.5 Å². The minimum Gasteiger partial charge on any atom is -0.323 e. The number of benzene rings is 2. The van der Waals surface area contributed by atoms with Crippen molar-refractivity contribution in [2.45, 2.75) is 19.8 Å². The first-order chi connectivity index (χ1) is 16.1. The minimum absolute atomic E-state index is 0.118. The molecule has 164 valence electrons. The van der Waals surface area contributed by atoms with Gasteiger partial charge < -0.3 is 10.2 Å². The van der Waals surface area contributed by atoms with Crippen LogP contribution in [-0.4, -0.2) is 27.4 Å². The summed E-state index contributed by atoms with van der Waals surface area (Å²) in [5.41, 5.74) is 6.46. The first-order valence-electron chi connectivity index (χ1n) is 10.8. The highest BCUT2D eigenvalue weighted by molar-refractivity contribution is 6.33. The summed E-state index contributed by atoms with van der Waals surface area (Å²) in [5, 5.41) is 3.67. The fraction of sp³-hybridized carbons (Fsp3) is 0.154. The lowest BCUT2D eigenvalue weighted by Gasteiger charge is -2.16. The van der Waals surface area contributed by atoms with Crippen LogP contribution in [0.25, 0.3) is 22.4 Å². The van der Waals surface area contributed by atoms with Crippen LogP contribution in [-0.2, 0) is 4.79 Å². The molecule has 0 saturated carbocycles. The summed E-state index contributed by atoms with van der Waals surface area (Å²) in [6.07, 6.45) is 6.40. The predicted molar refractivity (Wildman–Crippen MR) is 132 cm³/mol. The Morgan fingerprint density at radius 2 is 1.85 bits per heavy atom. The summed E-state index contributed by atoms with van der Waals surface area (Å²) in [5.74, 6) is 0.524. The van der Waals surface area contributed by atoms with E-state index in [1.165, 1.54) is 5.56 Å². The van der Waals surface area contributed by atoms with E-state index in [0.29, 0.717) is 35.3 Å². The second-order valence-corrected chi connectivity index (χ2v) is 8.40. The second kappa shape index (κ2) is 9.00. The topological polar surface area (TPSA) is 71.0 Å². The van der Waals surface area contributed by atoms with Crippen LogP contribution in [0.5, 0.6) is 0 Å². The Bertz CT molecular complexity index is 1330. The Morgan fingerprint density at radius 1 is 1.00 bits per heavy atom. The number of nitrogens with zero attached hydrogens (tertiary/aromatic N) is 4. The lowest BCUT2D eigenvalue weighted by atomic mass is 9.97. The second-order valence-electron chi connectivity index (χ2n) is 7.99. The molecular weight excluding hydrogens is 434 g/mol. The third-order valence-electron chi connectivity index (χ3n) is 5.70. The fourth-order valence-electron chi connectivity index (χ4n) is 4.02. The Hall–Kier alpha value is -3.77. The van der Waals surface area contributed by atoms with E-state index in [-0.39, 0.29) is 5.91 Å². The van der Waals surface area contributed by atoms with Crippen LogP contribution in [0.3, 0.4) is 0 Å². The van der Waals surface area contributed by atoms with Gasteiger partial charge in [-0.25, -0.2) is 9.97 Å². The third kappa shape index (κ3) is 4.43. The van der Waals surface area contributed by atoms with Gasteiger partial charge in [0.2, 0.25) is 11.9 Å². The van der Waals surface area contributed by atoms with Crippen LogP contribution in [0.15, 0.2) is 73.2 Å². The summed E-state index contributed by atoms with van der Waals surface area (Å²) in [6.45, 7) is 2.80. The number of anilines is 3. The molecule has 0 radical (unpaired) electrons. The summed E-state index contributed by atoms with van der Waals surface area (Å²) in [4.78, 5) is 27.1. The van der Waals surface area contributed by atoms with Gasteiger partial charge in [-0.15, -0.1) is 0 Å². The van der Waals surface area contributed by atoms with Gasteiger partial charge in [0.25, 0.3) is 0 Å². The fourth-order valence-corrected chi connectivity index (χ4v) is 4.22. The van der Waals surface area contributed by atoms with Crippen LogP contribution < -0.4 is 10.2 Å². The number of halogens is 1. The van der Waals surface area contributed by atoms with Gasteiger partial charge in [-0.1, -0.05) is 54.1 Å². The maximum absolute atomic E-state index is 12.1. The Balaban J connectivity index is 1.46. The van der Waals surface area contributed by atoms with Crippen LogP contribution in [0, 0.1) is 6.92 Å². The maximum atomic E-state index is 12.1. The number of carbonyl (C=O) groups excluding carboxylic acids is 1. The molecular formula is C26H22ClN5O. The number of pyridine rings is 1. The molecule has 0 bridgehead atoms. The molecule has 0 unspecified atom stereocenters. The number of carbonyl (C=O) groups is 1. The zero-order valence-electron chi connectivity index (χ0n) is 18.1. The van der Waals surface area contributed by atoms with Gasteiger partial charge in [-0.2, -0.15) is 0 Å². The normalized spacial score (nSPS) is 13.4.